The minimum absolute atomic E-state index is 0.113. The first kappa shape index (κ1) is 13.1. The smallest absolute Gasteiger partial charge is 0.0701 e. The highest BCUT2D eigenvalue weighted by molar-refractivity contribution is 9.11. The molecular weight excluding hydrogens is 312 g/mol. The number of aliphatic hydroxyl groups excluding tert-OH is 1. The number of piperazine rings is 1. The van der Waals surface area contributed by atoms with E-state index in [0.717, 1.165) is 32.6 Å². The van der Waals surface area contributed by atoms with E-state index < -0.39 is 0 Å². The summed E-state index contributed by atoms with van der Waals surface area (Å²) in [5.74, 6) is 0. The van der Waals surface area contributed by atoms with Crippen LogP contribution >= 0.6 is 27.3 Å². The van der Waals surface area contributed by atoms with Crippen molar-refractivity contribution in [2.45, 2.75) is 38.1 Å². The van der Waals surface area contributed by atoms with Gasteiger partial charge >= 0.3 is 0 Å². The Morgan fingerprint density at radius 2 is 2.22 bits per heavy atom. The molecular formula is C13H19BrN2OS. The molecule has 2 fully saturated rings. The van der Waals surface area contributed by atoms with Crippen molar-refractivity contribution in [1.82, 2.24) is 9.80 Å². The van der Waals surface area contributed by atoms with Crippen molar-refractivity contribution in [2.75, 3.05) is 19.6 Å². The molecule has 3 atom stereocenters. The molecule has 0 saturated carbocycles. The van der Waals surface area contributed by atoms with Crippen LogP contribution in [0.15, 0.2) is 15.9 Å². The number of hydrogen-bond acceptors (Lipinski definition) is 4. The van der Waals surface area contributed by atoms with Gasteiger partial charge in [-0.15, -0.1) is 11.3 Å². The third-order valence-electron chi connectivity index (χ3n) is 4.06. The lowest BCUT2D eigenvalue weighted by molar-refractivity contribution is 0.0535. The second kappa shape index (κ2) is 5.21. The van der Waals surface area contributed by atoms with Gasteiger partial charge in [0.1, 0.15) is 0 Å². The zero-order valence-corrected chi connectivity index (χ0v) is 13.0. The quantitative estimate of drug-likeness (QED) is 0.900. The number of halogens is 1. The summed E-state index contributed by atoms with van der Waals surface area (Å²) in [7, 11) is 0. The fourth-order valence-electron chi connectivity index (χ4n) is 3.13. The maximum absolute atomic E-state index is 9.76. The normalized spacial score (nSPS) is 33.8. The van der Waals surface area contributed by atoms with Crippen molar-refractivity contribution in [3.63, 3.8) is 0 Å². The lowest BCUT2D eigenvalue weighted by Gasteiger charge is -2.42. The van der Waals surface area contributed by atoms with Gasteiger partial charge in [-0.1, -0.05) is 0 Å². The van der Waals surface area contributed by atoms with Gasteiger partial charge in [-0.05, 0) is 41.4 Å². The van der Waals surface area contributed by atoms with E-state index in [-0.39, 0.29) is 6.10 Å². The Morgan fingerprint density at radius 3 is 2.94 bits per heavy atom. The van der Waals surface area contributed by atoms with Gasteiger partial charge in [-0.3, -0.25) is 9.80 Å². The second-order valence-corrected chi connectivity index (χ2v) is 8.03. The van der Waals surface area contributed by atoms with Gasteiger partial charge in [-0.25, -0.2) is 0 Å². The van der Waals surface area contributed by atoms with Crippen molar-refractivity contribution < 1.29 is 5.11 Å². The van der Waals surface area contributed by atoms with Crippen molar-refractivity contribution >= 4 is 27.3 Å². The maximum Gasteiger partial charge on any atom is 0.0701 e. The van der Waals surface area contributed by atoms with E-state index in [4.69, 9.17) is 0 Å². The van der Waals surface area contributed by atoms with Crippen LogP contribution in [-0.2, 0) is 6.54 Å². The topological polar surface area (TPSA) is 26.7 Å². The molecule has 0 bridgehead atoms. The Balaban J connectivity index is 1.66. The molecule has 3 rings (SSSR count). The molecule has 2 saturated heterocycles. The summed E-state index contributed by atoms with van der Waals surface area (Å²) < 4.78 is 1.21. The number of nitrogens with zero attached hydrogens (tertiary/aromatic N) is 2. The van der Waals surface area contributed by atoms with Gasteiger partial charge in [-0.2, -0.15) is 0 Å². The average molecular weight is 331 g/mol. The average Bonchev–Trinajstić information content (AvgIpc) is 2.85. The summed E-state index contributed by atoms with van der Waals surface area (Å²) in [6, 6.07) is 5.46. The van der Waals surface area contributed by atoms with E-state index in [2.05, 4.69) is 44.8 Å². The molecule has 3 heterocycles. The molecule has 3 nitrogen and oxygen atoms in total. The van der Waals surface area contributed by atoms with Crippen molar-refractivity contribution in [3.8, 4) is 0 Å². The van der Waals surface area contributed by atoms with Crippen LogP contribution in [0.25, 0.3) is 0 Å². The van der Waals surface area contributed by atoms with Crippen LogP contribution in [0.4, 0.5) is 0 Å². The number of fused-ring (bicyclic) bond motifs is 1. The van der Waals surface area contributed by atoms with Crippen LogP contribution in [0.3, 0.4) is 0 Å². The minimum Gasteiger partial charge on any atom is -0.392 e. The molecule has 0 spiro atoms. The third kappa shape index (κ3) is 2.65. The van der Waals surface area contributed by atoms with Crippen LogP contribution < -0.4 is 0 Å². The largest absolute Gasteiger partial charge is 0.392 e. The number of hydrogen-bond donors (Lipinski definition) is 1. The molecule has 0 aromatic carbocycles. The molecule has 5 heteroatoms. The molecule has 0 unspecified atom stereocenters. The molecule has 100 valence electrons. The molecule has 2 aliphatic rings. The van der Waals surface area contributed by atoms with Gasteiger partial charge in [0.2, 0.25) is 0 Å². The van der Waals surface area contributed by atoms with Crippen molar-refractivity contribution in [3.05, 3.63) is 20.8 Å². The van der Waals surface area contributed by atoms with Crippen LogP contribution in [0.2, 0.25) is 0 Å². The summed E-state index contributed by atoms with van der Waals surface area (Å²) in [6.07, 6.45) is 0.829. The molecule has 1 aromatic heterocycles. The second-order valence-electron chi connectivity index (χ2n) is 5.48. The highest BCUT2D eigenvalue weighted by Gasteiger charge is 2.37. The Labute approximate surface area is 121 Å². The number of aliphatic hydroxyl groups is 1. The first-order valence-corrected chi connectivity index (χ1v) is 8.13. The number of thiophene rings is 1. The third-order valence-corrected chi connectivity index (χ3v) is 5.67. The van der Waals surface area contributed by atoms with Crippen molar-refractivity contribution in [1.29, 1.82) is 0 Å². The predicted octanol–water partition coefficient (Wildman–Crippen LogP) is 2.15. The molecule has 0 aliphatic carbocycles. The fourth-order valence-corrected chi connectivity index (χ4v) is 4.64. The summed E-state index contributed by atoms with van der Waals surface area (Å²) in [4.78, 5) is 6.42. The molecule has 0 radical (unpaired) electrons. The highest BCUT2D eigenvalue weighted by atomic mass is 79.9. The van der Waals surface area contributed by atoms with Crippen LogP contribution in [0.1, 0.15) is 18.2 Å². The van der Waals surface area contributed by atoms with Gasteiger partial charge in [0, 0.05) is 43.1 Å². The SMILES string of the molecule is C[C@H]1CN2C[C@H](O)C[C@@H]2CN1Cc1ccc(Br)s1. The fraction of sp³-hybridized carbons (Fsp3) is 0.692. The number of rotatable bonds is 2. The first-order valence-electron chi connectivity index (χ1n) is 6.52. The predicted molar refractivity (Wildman–Crippen MR) is 77.9 cm³/mol. The minimum atomic E-state index is -0.113. The van der Waals surface area contributed by atoms with E-state index in [9.17, 15) is 5.11 Å². The Bertz CT molecular complexity index is 425. The molecule has 1 aromatic rings. The monoisotopic (exact) mass is 330 g/mol. The Morgan fingerprint density at radius 1 is 1.39 bits per heavy atom. The van der Waals surface area contributed by atoms with E-state index in [0.29, 0.717) is 12.1 Å². The summed E-state index contributed by atoms with van der Waals surface area (Å²) in [5.41, 5.74) is 0. The molecule has 18 heavy (non-hydrogen) atoms. The van der Waals surface area contributed by atoms with Crippen LogP contribution in [0.5, 0.6) is 0 Å². The Hall–Kier alpha value is 0.0600. The summed E-state index contributed by atoms with van der Waals surface area (Å²) in [5, 5.41) is 9.76. The van der Waals surface area contributed by atoms with Crippen LogP contribution in [0, 0.1) is 0 Å². The zero-order valence-electron chi connectivity index (χ0n) is 10.6. The maximum atomic E-state index is 9.76. The molecule has 1 N–H and O–H groups in total. The van der Waals surface area contributed by atoms with Gasteiger partial charge in [0.05, 0.1) is 9.89 Å². The lowest BCUT2D eigenvalue weighted by atomic mass is 10.1. The summed E-state index contributed by atoms with van der Waals surface area (Å²) >= 11 is 5.34. The molecule has 2 aliphatic heterocycles. The standard InChI is InChI=1S/C13H19BrN2OS/c1-9-5-16-7-11(17)4-10(16)6-15(9)8-12-2-3-13(14)18-12/h2-3,9-11,17H,4-8H2,1H3/t9-,10+,11+/m0/s1. The Kier molecular flexibility index (Phi) is 3.78. The van der Waals surface area contributed by atoms with Crippen molar-refractivity contribution in [2.24, 2.45) is 0 Å². The van der Waals surface area contributed by atoms with E-state index in [1.165, 1.54) is 8.66 Å². The summed E-state index contributed by atoms with van der Waals surface area (Å²) in [6.45, 7) is 6.39. The zero-order chi connectivity index (χ0) is 12.7. The molecule has 0 amide bonds. The first-order chi connectivity index (χ1) is 8.61. The van der Waals surface area contributed by atoms with E-state index in [1.54, 1.807) is 0 Å². The van der Waals surface area contributed by atoms with Crippen LogP contribution in [-0.4, -0.2) is 52.7 Å². The highest BCUT2D eigenvalue weighted by Crippen LogP contribution is 2.28. The van der Waals surface area contributed by atoms with Gasteiger partial charge in [0.25, 0.3) is 0 Å². The van der Waals surface area contributed by atoms with E-state index in [1.807, 2.05) is 11.3 Å². The van der Waals surface area contributed by atoms with E-state index >= 15 is 0 Å². The lowest BCUT2D eigenvalue weighted by Crippen LogP contribution is -2.54. The van der Waals surface area contributed by atoms with Gasteiger partial charge < -0.3 is 5.11 Å². The van der Waals surface area contributed by atoms with Gasteiger partial charge in [0.15, 0.2) is 0 Å².